The number of nitrogen functional groups attached to an aromatic ring is 1. The molecule has 0 aliphatic carbocycles. The maximum absolute atomic E-state index is 5.62. The van der Waals surface area contributed by atoms with Crippen LogP contribution in [0.25, 0.3) is 0 Å². The number of nitrogens with zero attached hydrogens (tertiary/aromatic N) is 1. The van der Waals surface area contributed by atoms with Crippen LogP contribution in [0.4, 0.5) is 5.82 Å². The first kappa shape index (κ1) is 10.5. The standard InChI is InChI=1S/C10H18N2S/c1-6(2)9(7(3)4)10-12-8(11)5-13-10/h5-7,9H,11H2,1-4H3. The predicted octanol–water partition coefficient (Wildman–Crippen LogP) is 3.12. The van der Waals surface area contributed by atoms with Crippen LogP contribution in [0.5, 0.6) is 0 Å². The van der Waals surface area contributed by atoms with Gasteiger partial charge in [-0.15, -0.1) is 11.3 Å². The first-order valence-corrected chi connectivity index (χ1v) is 5.61. The number of thiazole rings is 1. The molecule has 74 valence electrons. The highest BCUT2D eigenvalue weighted by atomic mass is 32.1. The number of aromatic nitrogens is 1. The Morgan fingerprint density at radius 1 is 1.23 bits per heavy atom. The highest BCUT2D eigenvalue weighted by molar-refractivity contribution is 7.10. The van der Waals surface area contributed by atoms with Crippen LogP contribution in [-0.4, -0.2) is 4.98 Å². The van der Waals surface area contributed by atoms with Crippen LogP contribution >= 0.6 is 11.3 Å². The highest BCUT2D eigenvalue weighted by Gasteiger charge is 2.22. The van der Waals surface area contributed by atoms with E-state index in [4.69, 9.17) is 5.73 Å². The number of nitrogens with two attached hydrogens (primary N) is 1. The molecule has 1 heterocycles. The van der Waals surface area contributed by atoms with Gasteiger partial charge in [0.05, 0.1) is 5.01 Å². The van der Waals surface area contributed by atoms with Gasteiger partial charge in [-0.2, -0.15) is 0 Å². The van der Waals surface area contributed by atoms with Gasteiger partial charge in [0, 0.05) is 11.3 Å². The average molecular weight is 198 g/mol. The lowest BCUT2D eigenvalue weighted by Crippen LogP contribution is -2.13. The van der Waals surface area contributed by atoms with E-state index in [1.807, 2.05) is 5.38 Å². The maximum atomic E-state index is 5.62. The molecule has 1 aromatic rings. The van der Waals surface area contributed by atoms with Crippen LogP contribution in [0.3, 0.4) is 0 Å². The van der Waals surface area contributed by atoms with Crippen molar-refractivity contribution in [2.45, 2.75) is 33.6 Å². The molecular weight excluding hydrogens is 180 g/mol. The van der Waals surface area contributed by atoms with Gasteiger partial charge in [-0.05, 0) is 11.8 Å². The molecule has 1 rings (SSSR count). The van der Waals surface area contributed by atoms with E-state index in [0.717, 1.165) is 0 Å². The number of rotatable bonds is 3. The molecule has 2 N–H and O–H groups in total. The van der Waals surface area contributed by atoms with E-state index in [9.17, 15) is 0 Å². The lowest BCUT2D eigenvalue weighted by Gasteiger charge is -2.22. The van der Waals surface area contributed by atoms with Gasteiger partial charge in [-0.1, -0.05) is 27.7 Å². The summed E-state index contributed by atoms with van der Waals surface area (Å²) in [4.78, 5) is 4.35. The van der Waals surface area contributed by atoms with Crippen LogP contribution in [0.2, 0.25) is 0 Å². The summed E-state index contributed by atoms with van der Waals surface area (Å²) in [6.07, 6.45) is 0. The second-order valence-electron chi connectivity index (χ2n) is 4.12. The number of hydrogen-bond acceptors (Lipinski definition) is 3. The van der Waals surface area contributed by atoms with Crippen LogP contribution < -0.4 is 5.73 Å². The minimum Gasteiger partial charge on any atom is -0.383 e. The molecule has 0 fully saturated rings. The molecule has 0 amide bonds. The van der Waals surface area contributed by atoms with E-state index >= 15 is 0 Å². The zero-order chi connectivity index (χ0) is 10.0. The topological polar surface area (TPSA) is 38.9 Å². The fourth-order valence-electron chi connectivity index (χ4n) is 1.79. The Hall–Kier alpha value is -0.570. The van der Waals surface area contributed by atoms with Crippen molar-refractivity contribution < 1.29 is 0 Å². The van der Waals surface area contributed by atoms with Crippen molar-refractivity contribution in [1.82, 2.24) is 4.98 Å². The summed E-state index contributed by atoms with van der Waals surface area (Å²) in [5.41, 5.74) is 5.62. The van der Waals surface area contributed by atoms with Gasteiger partial charge in [-0.25, -0.2) is 4.98 Å². The fraction of sp³-hybridized carbons (Fsp3) is 0.700. The van der Waals surface area contributed by atoms with E-state index in [1.165, 1.54) is 5.01 Å². The molecule has 13 heavy (non-hydrogen) atoms. The van der Waals surface area contributed by atoms with Crippen molar-refractivity contribution in [2.24, 2.45) is 11.8 Å². The van der Waals surface area contributed by atoms with E-state index in [1.54, 1.807) is 11.3 Å². The molecule has 0 saturated carbocycles. The smallest absolute Gasteiger partial charge is 0.134 e. The second-order valence-corrected chi connectivity index (χ2v) is 5.01. The number of anilines is 1. The Labute approximate surface area is 84.2 Å². The van der Waals surface area contributed by atoms with Crippen LogP contribution in [0.1, 0.15) is 38.6 Å². The van der Waals surface area contributed by atoms with Gasteiger partial charge in [0.25, 0.3) is 0 Å². The molecule has 0 radical (unpaired) electrons. The zero-order valence-electron chi connectivity index (χ0n) is 8.74. The summed E-state index contributed by atoms with van der Waals surface area (Å²) in [6, 6.07) is 0. The molecule has 0 aromatic carbocycles. The van der Waals surface area contributed by atoms with Crippen molar-refractivity contribution in [1.29, 1.82) is 0 Å². The molecular formula is C10H18N2S. The quantitative estimate of drug-likeness (QED) is 0.810. The molecule has 0 bridgehead atoms. The largest absolute Gasteiger partial charge is 0.383 e. The van der Waals surface area contributed by atoms with E-state index in [2.05, 4.69) is 32.7 Å². The van der Waals surface area contributed by atoms with Crippen molar-refractivity contribution in [3.05, 3.63) is 10.4 Å². The maximum Gasteiger partial charge on any atom is 0.134 e. The van der Waals surface area contributed by atoms with Crippen molar-refractivity contribution in [2.75, 3.05) is 5.73 Å². The summed E-state index contributed by atoms with van der Waals surface area (Å²) in [5, 5.41) is 3.11. The van der Waals surface area contributed by atoms with Crippen LogP contribution in [0.15, 0.2) is 5.38 Å². The van der Waals surface area contributed by atoms with Gasteiger partial charge >= 0.3 is 0 Å². The summed E-state index contributed by atoms with van der Waals surface area (Å²) in [5.74, 6) is 2.46. The van der Waals surface area contributed by atoms with E-state index < -0.39 is 0 Å². The minimum absolute atomic E-state index is 0.544. The Kier molecular flexibility index (Phi) is 3.31. The zero-order valence-corrected chi connectivity index (χ0v) is 9.56. The summed E-state index contributed by atoms with van der Waals surface area (Å²) >= 11 is 1.68. The monoisotopic (exact) mass is 198 g/mol. The van der Waals surface area contributed by atoms with Crippen molar-refractivity contribution >= 4 is 17.2 Å². The van der Waals surface area contributed by atoms with Crippen LogP contribution in [0, 0.1) is 11.8 Å². The molecule has 0 saturated heterocycles. The third-order valence-corrected chi connectivity index (χ3v) is 3.23. The summed E-state index contributed by atoms with van der Waals surface area (Å²) in [6.45, 7) is 8.95. The summed E-state index contributed by atoms with van der Waals surface area (Å²) < 4.78 is 0. The van der Waals surface area contributed by atoms with Crippen molar-refractivity contribution in [3.8, 4) is 0 Å². The molecule has 0 unspecified atom stereocenters. The van der Waals surface area contributed by atoms with Crippen molar-refractivity contribution in [3.63, 3.8) is 0 Å². The first-order valence-electron chi connectivity index (χ1n) is 4.73. The third kappa shape index (κ3) is 2.44. The molecule has 2 nitrogen and oxygen atoms in total. The van der Waals surface area contributed by atoms with Crippen LogP contribution in [-0.2, 0) is 0 Å². The van der Waals surface area contributed by atoms with Gasteiger partial charge in [0.1, 0.15) is 5.82 Å². The highest BCUT2D eigenvalue weighted by Crippen LogP contribution is 2.33. The van der Waals surface area contributed by atoms with Gasteiger partial charge < -0.3 is 5.73 Å². The molecule has 0 aliphatic heterocycles. The fourth-order valence-corrected chi connectivity index (χ4v) is 2.95. The Balaban J connectivity index is 2.88. The molecule has 0 aliphatic rings. The Morgan fingerprint density at radius 2 is 1.77 bits per heavy atom. The van der Waals surface area contributed by atoms with Gasteiger partial charge in [-0.3, -0.25) is 0 Å². The lowest BCUT2D eigenvalue weighted by molar-refractivity contribution is 0.387. The molecule has 1 aromatic heterocycles. The van der Waals surface area contributed by atoms with E-state index in [-0.39, 0.29) is 0 Å². The molecule has 3 heteroatoms. The van der Waals surface area contributed by atoms with Gasteiger partial charge in [0.2, 0.25) is 0 Å². The average Bonchev–Trinajstić information content (AvgIpc) is 2.34. The second kappa shape index (κ2) is 4.09. The van der Waals surface area contributed by atoms with E-state index in [0.29, 0.717) is 23.6 Å². The normalized spacial score (nSPS) is 11.9. The van der Waals surface area contributed by atoms with Gasteiger partial charge in [0.15, 0.2) is 0 Å². The molecule has 0 spiro atoms. The Morgan fingerprint density at radius 3 is 2.08 bits per heavy atom. The lowest BCUT2D eigenvalue weighted by atomic mass is 9.86. The molecule has 0 atom stereocenters. The predicted molar refractivity (Wildman–Crippen MR) is 58.9 cm³/mol. The SMILES string of the molecule is CC(C)C(c1nc(N)cs1)C(C)C. The number of hydrogen-bond donors (Lipinski definition) is 1. The summed E-state index contributed by atoms with van der Waals surface area (Å²) in [7, 11) is 0. The minimum atomic E-state index is 0.544. The first-order chi connectivity index (χ1) is 6.02. The third-order valence-electron chi connectivity index (χ3n) is 2.26. The Bertz CT molecular complexity index is 258.